The average Bonchev–Trinajstić information content (AvgIpc) is 3.10. The Morgan fingerprint density at radius 3 is 2.70 bits per heavy atom. The molecule has 27 heavy (non-hydrogen) atoms. The summed E-state index contributed by atoms with van der Waals surface area (Å²) < 4.78 is 7.66. The van der Waals surface area contributed by atoms with E-state index in [1.807, 2.05) is 34.8 Å². The molecule has 1 aliphatic rings. The van der Waals surface area contributed by atoms with E-state index >= 15 is 0 Å². The van der Waals surface area contributed by atoms with Crippen molar-refractivity contribution in [2.24, 2.45) is 0 Å². The zero-order valence-electron chi connectivity index (χ0n) is 15.7. The number of amides is 1. The van der Waals surface area contributed by atoms with Crippen LogP contribution in [-0.4, -0.2) is 52.9 Å². The topological polar surface area (TPSA) is 71.8 Å². The molecule has 0 bridgehead atoms. The number of morpholine rings is 1. The van der Waals surface area contributed by atoms with Crippen LogP contribution < -0.4 is 10.2 Å². The number of ether oxygens (including phenoxy) is 1. The van der Waals surface area contributed by atoms with E-state index in [1.54, 1.807) is 19.3 Å². The third-order valence-electron chi connectivity index (χ3n) is 4.74. The first-order chi connectivity index (χ1) is 13.0. The van der Waals surface area contributed by atoms with Crippen LogP contribution in [0.15, 0.2) is 42.6 Å². The summed E-state index contributed by atoms with van der Waals surface area (Å²) in [5.74, 6) is 0.779. The van der Waals surface area contributed by atoms with E-state index in [-0.39, 0.29) is 18.1 Å². The predicted octanol–water partition coefficient (Wildman–Crippen LogP) is 2.37. The minimum Gasteiger partial charge on any atom is -0.372 e. The summed E-state index contributed by atoms with van der Waals surface area (Å²) in [6.07, 6.45) is 2.12. The number of imidazole rings is 1. The Labute approximate surface area is 158 Å². The molecular weight excluding hydrogens is 342 g/mol. The summed E-state index contributed by atoms with van der Waals surface area (Å²) in [6, 6.07) is 11.4. The van der Waals surface area contributed by atoms with Gasteiger partial charge in [0.05, 0.1) is 24.1 Å². The Morgan fingerprint density at radius 2 is 1.96 bits per heavy atom. The molecule has 1 amide bonds. The molecule has 0 radical (unpaired) electrons. The van der Waals surface area contributed by atoms with Crippen molar-refractivity contribution in [3.05, 3.63) is 48.2 Å². The van der Waals surface area contributed by atoms with Crippen molar-refractivity contribution in [2.45, 2.75) is 26.1 Å². The molecule has 2 atom stereocenters. The van der Waals surface area contributed by atoms with Gasteiger partial charge in [-0.25, -0.2) is 9.50 Å². The maximum absolute atomic E-state index is 12.0. The number of benzene rings is 1. The summed E-state index contributed by atoms with van der Waals surface area (Å²) in [5, 5.41) is 7.48. The Morgan fingerprint density at radius 1 is 1.19 bits per heavy atom. The minimum absolute atomic E-state index is 0.115. The number of anilines is 1. The third kappa shape index (κ3) is 3.38. The van der Waals surface area contributed by atoms with Gasteiger partial charge in [0.1, 0.15) is 5.82 Å². The van der Waals surface area contributed by atoms with Crippen LogP contribution in [0.4, 0.5) is 5.82 Å². The van der Waals surface area contributed by atoms with Crippen LogP contribution >= 0.6 is 0 Å². The number of aromatic nitrogens is 3. The Balaban J connectivity index is 1.74. The number of nitrogens with zero attached hydrogens (tertiary/aromatic N) is 4. The molecular formula is C20H23N5O2. The van der Waals surface area contributed by atoms with Gasteiger partial charge in [0.15, 0.2) is 5.65 Å². The normalized spacial score (nSPS) is 20.0. The van der Waals surface area contributed by atoms with Crippen LogP contribution in [0.25, 0.3) is 16.9 Å². The van der Waals surface area contributed by atoms with Gasteiger partial charge in [0.2, 0.25) is 0 Å². The first kappa shape index (κ1) is 17.5. The first-order valence-electron chi connectivity index (χ1n) is 9.13. The van der Waals surface area contributed by atoms with Gasteiger partial charge in [-0.1, -0.05) is 12.1 Å². The second-order valence-electron chi connectivity index (χ2n) is 6.93. The van der Waals surface area contributed by atoms with Crippen LogP contribution in [0.5, 0.6) is 0 Å². The highest BCUT2D eigenvalue weighted by Crippen LogP contribution is 2.24. The number of fused-ring (bicyclic) bond motifs is 1. The highest BCUT2D eigenvalue weighted by Gasteiger charge is 2.23. The molecule has 1 fully saturated rings. The molecule has 7 nitrogen and oxygen atoms in total. The van der Waals surface area contributed by atoms with Crippen molar-refractivity contribution in [1.29, 1.82) is 0 Å². The number of nitrogens with one attached hydrogen (secondary N) is 1. The molecule has 3 aromatic rings. The van der Waals surface area contributed by atoms with Crippen LogP contribution in [-0.2, 0) is 4.74 Å². The molecule has 7 heteroatoms. The molecule has 0 spiro atoms. The van der Waals surface area contributed by atoms with Crippen molar-refractivity contribution in [2.75, 3.05) is 25.0 Å². The largest absolute Gasteiger partial charge is 0.372 e. The van der Waals surface area contributed by atoms with Crippen LogP contribution in [0.2, 0.25) is 0 Å². The van der Waals surface area contributed by atoms with E-state index in [9.17, 15) is 4.79 Å². The molecule has 1 aliphatic heterocycles. The van der Waals surface area contributed by atoms with Gasteiger partial charge in [-0.3, -0.25) is 4.79 Å². The minimum atomic E-state index is -0.115. The number of rotatable bonds is 3. The maximum atomic E-state index is 12.0. The summed E-state index contributed by atoms with van der Waals surface area (Å²) >= 11 is 0. The summed E-state index contributed by atoms with van der Waals surface area (Å²) in [7, 11) is 1.63. The van der Waals surface area contributed by atoms with Crippen molar-refractivity contribution in [1.82, 2.24) is 19.9 Å². The molecule has 0 unspecified atom stereocenters. The van der Waals surface area contributed by atoms with E-state index in [2.05, 4.69) is 29.0 Å². The highest BCUT2D eigenvalue weighted by molar-refractivity contribution is 5.95. The molecule has 1 aromatic carbocycles. The number of hydrogen-bond donors (Lipinski definition) is 1. The Bertz CT molecular complexity index is 973. The molecule has 0 aliphatic carbocycles. The molecule has 0 saturated carbocycles. The first-order valence-corrected chi connectivity index (χ1v) is 9.13. The maximum Gasteiger partial charge on any atom is 0.251 e. The molecule has 1 N–H and O–H groups in total. The Hall–Kier alpha value is -2.93. The standard InChI is InChI=1S/C20H23N5O2/c1-13-11-24(12-14(2)27-13)19-8-7-18-22-10-17(25(18)23-19)15-5-4-6-16(9-15)20(26)21-3/h4-10,13-14H,11-12H2,1-3H3,(H,21,26)/t13-,14+. The SMILES string of the molecule is CNC(=O)c1cccc(-c2cnc3ccc(N4C[C@@H](C)O[C@@H](C)C4)nn23)c1. The van der Waals surface area contributed by atoms with Crippen molar-refractivity contribution in [3.63, 3.8) is 0 Å². The summed E-state index contributed by atoms with van der Waals surface area (Å²) in [6.45, 7) is 5.76. The van der Waals surface area contributed by atoms with Crippen molar-refractivity contribution in [3.8, 4) is 11.3 Å². The van der Waals surface area contributed by atoms with E-state index in [0.717, 1.165) is 35.8 Å². The number of hydrogen-bond acceptors (Lipinski definition) is 5. The fourth-order valence-corrected chi connectivity index (χ4v) is 3.56. The smallest absolute Gasteiger partial charge is 0.251 e. The lowest BCUT2D eigenvalue weighted by atomic mass is 10.1. The van der Waals surface area contributed by atoms with E-state index < -0.39 is 0 Å². The molecule has 140 valence electrons. The zero-order valence-corrected chi connectivity index (χ0v) is 15.7. The highest BCUT2D eigenvalue weighted by atomic mass is 16.5. The summed E-state index contributed by atoms with van der Waals surface area (Å²) in [5.41, 5.74) is 3.13. The number of carbonyl (C=O) groups is 1. The molecule has 2 aromatic heterocycles. The van der Waals surface area contributed by atoms with Crippen LogP contribution in [0.3, 0.4) is 0 Å². The monoisotopic (exact) mass is 365 g/mol. The van der Waals surface area contributed by atoms with E-state index in [4.69, 9.17) is 9.84 Å². The molecule has 1 saturated heterocycles. The van der Waals surface area contributed by atoms with Gasteiger partial charge in [-0.15, -0.1) is 5.10 Å². The van der Waals surface area contributed by atoms with Crippen LogP contribution in [0, 0.1) is 0 Å². The fraction of sp³-hybridized carbons (Fsp3) is 0.350. The lowest BCUT2D eigenvalue weighted by Gasteiger charge is -2.35. The van der Waals surface area contributed by atoms with E-state index in [1.165, 1.54) is 0 Å². The Kier molecular flexibility index (Phi) is 4.53. The van der Waals surface area contributed by atoms with Gasteiger partial charge < -0.3 is 15.0 Å². The van der Waals surface area contributed by atoms with Gasteiger partial charge >= 0.3 is 0 Å². The van der Waals surface area contributed by atoms with Crippen molar-refractivity contribution >= 4 is 17.4 Å². The lowest BCUT2D eigenvalue weighted by Crippen LogP contribution is -2.46. The molecule has 4 rings (SSSR count). The van der Waals surface area contributed by atoms with Gasteiger partial charge in [-0.05, 0) is 38.1 Å². The van der Waals surface area contributed by atoms with Gasteiger partial charge in [0.25, 0.3) is 5.91 Å². The average molecular weight is 365 g/mol. The zero-order chi connectivity index (χ0) is 19.0. The second-order valence-corrected chi connectivity index (χ2v) is 6.93. The quantitative estimate of drug-likeness (QED) is 0.772. The number of carbonyl (C=O) groups excluding carboxylic acids is 1. The predicted molar refractivity (Wildman–Crippen MR) is 104 cm³/mol. The summed E-state index contributed by atoms with van der Waals surface area (Å²) in [4.78, 5) is 18.7. The van der Waals surface area contributed by atoms with E-state index in [0.29, 0.717) is 5.56 Å². The fourth-order valence-electron chi connectivity index (χ4n) is 3.56. The molecule has 3 heterocycles. The van der Waals surface area contributed by atoms with Crippen molar-refractivity contribution < 1.29 is 9.53 Å². The second kappa shape index (κ2) is 7.00. The third-order valence-corrected chi connectivity index (χ3v) is 4.74. The van der Waals surface area contributed by atoms with Gasteiger partial charge in [-0.2, -0.15) is 0 Å². The van der Waals surface area contributed by atoms with Gasteiger partial charge in [0, 0.05) is 31.3 Å². The van der Waals surface area contributed by atoms with Crippen LogP contribution in [0.1, 0.15) is 24.2 Å². The lowest BCUT2D eigenvalue weighted by molar-refractivity contribution is -0.00551.